The summed E-state index contributed by atoms with van der Waals surface area (Å²) in [7, 11) is 0. The van der Waals surface area contributed by atoms with Gasteiger partial charge < -0.3 is 23.8 Å². The topological polar surface area (TPSA) is 57.2 Å². The van der Waals surface area contributed by atoms with E-state index in [0.29, 0.717) is 5.75 Å². The van der Waals surface area contributed by atoms with Gasteiger partial charge in [-0.1, -0.05) is 46.7 Å². The van der Waals surface area contributed by atoms with E-state index in [4.69, 9.17) is 25.4 Å². The van der Waals surface area contributed by atoms with Crippen molar-refractivity contribution in [1.29, 1.82) is 0 Å². The number of ether oxygens (including phenoxy) is 4. The molecule has 0 aromatic heterocycles. The number of para-hydroxylation sites is 1. The number of hydrogen-bond donors (Lipinski definition) is 0. The van der Waals surface area contributed by atoms with Crippen molar-refractivity contribution in [3.8, 4) is 18.1 Å². The number of benzene rings is 1. The van der Waals surface area contributed by atoms with Crippen molar-refractivity contribution >= 4 is 28.5 Å². The Morgan fingerprint density at radius 2 is 2.00 bits per heavy atom. The van der Waals surface area contributed by atoms with Gasteiger partial charge in [0.1, 0.15) is 17.9 Å². The molecule has 3 heterocycles. The summed E-state index contributed by atoms with van der Waals surface area (Å²) in [5.74, 6) is 2.40. The molecule has 0 radical (unpaired) electrons. The summed E-state index contributed by atoms with van der Waals surface area (Å²) in [4.78, 5) is 14.2. The molecule has 0 spiro atoms. The van der Waals surface area contributed by atoms with E-state index in [1.165, 1.54) is 0 Å². The van der Waals surface area contributed by atoms with Gasteiger partial charge in [-0.3, -0.25) is 4.79 Å². The first-order valence-corrected chi connectivity index (χ1v) is 9.77. The Bertz CT molecular complexity index is 733. The maximum atomic E-state index is 12.6. The number of β-lactam (4-membered cyclic amide) rings is 1. The number of terminal acetylenes is 1. The van der Waals surface area contributed by atoms with E-state index in [2.05, 4.69) is 28.5 Å². The fourth-order valence-corrected chi connectivity index (χ4v) is 4.78. The van der Waals surface area contributed by atoms with Gasteiger partial charge in [0.15, 0.2) is 18.2 Å². The SMILES string of the molecule is C#CCN1C(=O)[C@@H](Oc2ccccc2)[C@H]1[C@H]1O[C@@H]2OC(C)(C)O[C@@H]2[C@@H]1I. The van der Waals surface area contributed by atoms with Crippen LogP contribution in [0.1, 0.15) is 13.8 Å². The lowest BCUT2D eigenvalue weighted by atomic mass is 9.90. The molecule has 4 rings (SSSR count). The second-order valence-electron chi connectivity index (χ2n) is 7.03. The largest absolute Gasteiger partial charge is 0.478 e. The number of amides is 1. The van der Waals surface area contributed by atoms with Crippen LogP contribution in [0.3, 0.4) is 0 Å². The third-order valence-electron chi connectivity index (χ3n) is 4.81. The number of fused-ring (bicyclic) bond motifs is 1. The van der Waals surface area contributed by atoms with E-state index in [1.54, 1.807) is 4.90 Å². The number of carbonyl (C=O) groups is 1. The molecule has 0 saturated carbocycles. The summed E-state index contributed by atoms with van der Waals surface area (Å²) in [6.45, 7) is 3.96. The molecule has 7 heteroatoms. The second-order valence-corrected chi connectivity index (χ2v) is 8.46. The first-order chi connectivity index (χ1) is 12.4. The highest BCUT2D eigenvalue weighted by Crippen LogP contribution is 2.44. The average molecular weight is 469 g/mol. The number of likely N-dealkylation sites (tertiary alicyclic amines) is 1. The smallest absolute Gasteiger partial charge is 0.267 e. The van der Waals surface area contributed by atoms with Crippen molar-refractivity contribution in [2.24, 2.45) is 0 Å². The first kappa shape index (κ1) is 18.0. The fourth-order valence-electron chi connectivity index (χ4n) is 3.70. The summed E-state index contributed by atoms with van der Waals surface area (Å²) in [5.41, 5.74) is 0. The molecule has 6 nitrogen and oxygen atoms in total. The van der Waals surface area contributed by atoms with Crippen LogP contribution >= 0.6 is 22.6 Å². The summed E-state index contributed by atoms with van der Waals surface area (Å²) in [6.07, 6.45) is 3.91. The Morgan fingerprint density at radius 1 is 1.27 bits per heavy atom. The standard InChI is InChI=1S/C19H20INO5/c1-4-10-21-13(16(17(21)22)23-11-8-6-5-7-9-11)14-12(20)15-18(24-14)26-19(2,3)25-15/h1,5-9,12-16,18H,10H2,2-3H3/t12-,13-,14+,15-,16+,18-/m1/s1. The van der Waals surface area contributed by atoms with Crippen LogP contribution in [-0.4, -0.2) is 57.7 Å². The molecule has 1 aromatic rings. The van der Waals surface area contributed by atoms with E-state index >= 15 is 0 Å². The van der Waals surface area contributed by atoms with Crippen LogP contribution in [0.5, 0.6) is 5.75 Å². The number of halogens is 1. The molecule has 3 saturated heterocycles. The Kier molecular flexibility index (Phi) is 4.63. The number of nitrogens with zero attached hydrogens (tertiary/aromatic N) is 1. The zero-order chi connectivity index (χ0) is 18.5. The van der Waals surface area contributed by atoms with E-state index in [-0.39, 0.29) is 34.6 Å². The van der Waals surface area contributed by atoms with Gasteiger partial charge >= 0.3 is 0 Å². The molecule has 1 aromatic carbocycles. The van der Waals surface area contributed by atoms with Crippen molar-refractivity contribution < 1.29 is 23.7 Å². The van der Waals surface area contributed by atoms with Gasteiger partial charge in [-0.2, -0.15) is 0 Å². The highest BCUT2D eigenvalue weighted by atomic mass is 127. The minimum Gasteiger partial charge on any atom is -0.478 e. The van der Waals surface area contributed by atoms with E-state index < -0.39 is 18.2 Å². The number of alkyl halides is 1. The monoisotopic (exact) mass is 469 g/mol. The molecule has 3 aliphatic heterocycles. The summed E-state index contributed by atoms with van der Waals surface area (Å²) >= 11 is 2.31. The highest BCUT2D eigenvalue weighted by Gasteiger charge is 2.62. The van der Waals surface area contributed by atoms with Crippen LogP contribution in [0.25, 0.3) is 0 Å². The maximum absolute atomic E-state index is 12.6. The molecular formula is C19H20INO5. The van der Waals surface area contributed by atoms with Crippen LogP contribution < -0.4 is 4.74 Å². The van der Waals surface area contributed by atoms with Crippen LogP contribution in [0, 0.1) is 12.3 Å². The molecule has 1 amide bonds. The van der Waals surface area contributed by atoms with E-state index in [1.807, 2.05) is 44.2 Å². The Balaban J connectivity index is 1.54. The maximum Gasteiger partial charge on any atom is 0.267 e. The summed E-state index contributed by atoms with van der Waals surface area (Å²) in [5, 5.41) is 0. The normalized spacial score (nSPS) is 37.8. The van der Waals surface area contributed by atoms with Gasteiger partial charge in [0.05, 0.1) is 16.6 Å². The second kappa shape index (κ2) is 6.68. The summed E-state index contributed by atoms with van der Waals surface area (Å²) < 4.78 is 23.9. The molecule has 6 atom stereocenters. The minimum atomic E-state index is -0.669. The third-order valence-corrected chi connectivity index (χ3v) is 6.23. The predicted octanol–water partition coefficient (Wildman–Crippen LogP) is 1.96. The highest BCUT2D eigenvalue weighted by molar-refractivity contribution is 14.1. The molecule has 3 fully saturated rings. The molecule has 138 valence electrons. The zero-order valence-corrected chi connectivity index (χ0v) is 16.7. The molecule has 0 N–H and O–H groups in total. The van der Waals surface area contributed by atoms with Gasteiger partial charge in [0, 0.05) is 0 Å². The molecule has 0 unspecified atom stereocenters. The molecule has 26 heavy (non-hydrogen) atoms. The Morgan fingerprint density at radius 3 is 2.65 bits per heavy atom. The van der Waals surface area contributed by atoms with Gasteiger partial charge in [-0.15, -0.1) is 6.42 Å². The lowest BCUT2D eigenvalue weighted by Crippen LogP contribution is -2.72. The third kappa shape index (κ3) is 2.99. The fraction of sp³-hybridized carbons (Fsp3) is 0.526. The number of carbonyl (C=O) groups excluding carboxylic acids is 1. The van der Waals surface area contributed by atoms with Crippen molar-refractivity contribution in [3.63, 3.8) is 0 Å². The van der Waals surface area contributed by atoms with Crippen molar-refractivity contribution in [2.45, 2.75) is 54.2 Å². The van der Waals surface area contributed by atoms with Gasteiger partial charge in [0.25, 0.3) is 5.91 Å². The summed E-state index contributed by atoms with van der Waals surface area (Å²) in [6, 6.07) is 9.02. The van der Waals surface area contributed by atoms with Gasteiger partial charge in [-0.25, -0.2) is 0 Å². The van der Waals surface area contributed by atoms with Crippen LogP contribution in [-0.2, 0) is 19.0 Å². The van der Waals surface area contributed by atoms with E-state index in [0.717, 1.165) is 0 Å². The van der Waals surface area contributed by atoms with Crippen LogP contribution in [0.15, 0.2) is 30.3 Å². The van der Waals surface area contributed by atoms with E-state index in [9.17, 15) is 4.79 Å². The van der Waals surface area contributed by atoms with Crippen molar-refractivity contribution in [2.75, 3.05) is 6.54 Å². The van der Waals surface area contributed by atoms with Gasteiger partial charge in [-0.05, 0) is 26.0 Å². The number of rotatable bonds is 4. The molecule has 0 aliphatic carbocycles. The quantitative estimate of drug-likeness (QED) is 0.292. The lowest BCUT2D eigenvalue weighted by Gasteiger charge is -2.48. The minimum absolute atomic E-state index is 0.0135. The van der Waals surface area contributed by atoms with Crippen molar-refractivity contribution in [1.82, 2.24) is 4.90 Å². The first-order valence-electron chi connectivity index (χ1n) is 8.52. The lowest BCUT2D eigenvalue weighted by molar-refractivity contribution is -0.220. The Labute approximate surface area is 166 Å². The van der Waals surface area contributed by atoms with Crippen molar-refractivity contribution in [3.05, 3.63) is 30.3 Å². The van der Waals surface area contributed by atoms with Crippen LogP contribution in [0.4, 0.5) is 0 Å². The molecule has 3 aliphatic rings. The van der Waals surface area contributed by atoms with Gasteiger partial charge in [0.2, 0.25) is 0 Å². The zero-order valence-electron chi connectivity index (χ0n) is 14.5. The molecular weight excluding hydrogens is 449 g/mol. The average Bonchev–Trinajstić information content (AvgIpc) is 3.07. The number of hydrogen-bond acceptors (Lipinski definition) is 5. The van der Waals surface area contributed by atoms with Crippen LogP contribution in [0.2, 0.25) is 0 Å². The molecule has 0 bridgehead atoms. The predicted molar refractivity (Wildman–Crippen MR) is 102 cm³/mol. The Hall–Kier alpha value is -1.34.